The number of nitrogen functional groups attached to an aromatic ring is 1. The van der Waals surface area contributed by atoms with Crippen LogP contribution < -0.4 is 11.3 Å². The van der Waals surface area contributed by atoms with Crippen LogP contribution in [0.1, 0.15) is 44.8 Å². The minimum atomic E-state index is -0.673. The Bertz CT molecular complexity index is 1230. The smallest absolute Gasteiger partial charge is 0.263 e. The molecule has 1 saturated heterocycles. The van der Waals surface area contributed by atoms with E-state index < -0.39 is 11.9 Å². The normalized spacial score (nSPS) is 16.0. The van der Waals surface area contributed by atoms with E-state index in [0.29, 0.717) is 24.9 Å². The molecular weight excluding hydrogens is 394 g/mol. The van der Waals surface area contributed by atoms with Gasteiger partial charge >= 0.3 is 0 Å². The molecule has 1 fully saturated rings. The number of benzene rings is 1. The number of carbonyl (C=O) groups is 2. The number of aryl methyl sites for hydroxylation is 2. The van der Waals surface area contributed by atoms with Crippen LogP contribution in [0.15, 0.2) is 47.4 Å². The van der Waals surface area contributed by atoms with Gasteiger partial charge < -0.3 is 15.2 Å². The summed E-state index contributed by atoms with van der Waals surface area (Å²) in [4.78, 5) is 40.9. The molecule has 1 amide bonds. The molecule has 2 aromatic heterocycles. The van der Waals surface area contributed by atoms with Crippen molar-refractivity contribution in [2.45, 2.75) is 32.7 Å². The van der Waals surface area contributed by atoms with Gasteiger partial charge in [-0.15, -0.1) is 0 Å². The fraction of sp³-hybridized carbons (Fsp3) is 0.304. The van der Waals surface area contributed by atoms with Gasteiger partial charge in [-0.1, -0.05) is 18.2 Å². The van der Waals surface area contributed by atoms with E-state index in [1.54, 1.807) is 14.0 Å². The van der Waals surface area contributed by atoms with Crippen molar-refractivity contribution >= 4 is 17.5 Å². The maximum atomic E-state index is 13.3. The predicted octanol–water partition coefficient (Wildman–Crippen LogP) is 2.26. The third kappa shape index (κ3) is 3.43. The van der Waals surface area contributed by atoms with Crippen molar-refractivity contribution in [2.24, 2.45) is 7.05 Å². The predicted molar refractivity (Wildman–Crippen MR) is 118 cm³/mol. The van der Waals surface area contributed by atoms with E-state index in [1.807, 2.05) is 43.3 Å². The van der Waals surface area contributed by atoms with Crippen molar-refractivity contribution in [3.63, 3.8) is 0 Å². The maximum Gasteiger partial charge on any atom is 0.263 e. The first-order chi connectivity index (χ1) is 14.8. The Labute approximate surface area is 179 Å². The Morgan fingerprint density at radius 3 is 2.58 bits per heavy atom. The number of rotatable bonds is 4. The summed E-state index contributed by atoms with van der Waals surface area (Å²) in [6.07, 6.45) is 2.65. The number of ketones is 1. The molecular formula is C23H25N5O3. The largest absolute Gasteiger partial charge is 0.383 e. The van der Waals surface area contributed by atoms with Crippen LogP contribution in [0.2, 0.25) is 0 Å². The highest BCUT2D eigenvalue weighted by atomic mass is 16.2. The number of hydrogen-bond donors (Lipinski definition) is 1. The third-order valence-corrected chi connectivity index (χ3v) is 5.97. The average molecular weight is 419 g/mol. The van der Waals surface area contributed by atoms with Crippen LogP contribution in [0.25, 0.3) is 5.69 Å². The summed E-state index contributed by atoms with van der Waals surface area (Å²) in [5.74, 6) is -0.437. The SMILES string of the molecule is Cc1cc(C)n(C)c(=O)c1C(=O)N1CCCC1C(=O)c1cnn(-c2ccccc2)c1N. The Morgan fingerprint density at radius 1 is 1.16 bits per heavy atom. The Hall–Kier alpha value is -3.68. The van der Waals surface area contributed by atoms with E-state index in [9.17, 15) is 14.4 Å². The first-order valence-corrected chi connectivity index (χ1v) is 10.2. The van der Waals surface area contributed by atoms with Gasteiger partial charge in [-0.2, -0.15) is 5.10 Å². The van der Waals surface area contributed by atoms with E-state index in [4.69, 9.17) is 5.73 Å². The molecule has 0 bridgehead atoms. The first-order valence-electron chi connectivity index (χ1n) is 10.2. The number of nitrogens with zero attached hydrogens (tertiary/aromatic N) is 4. The molecule has 1 aromatic carbocycles. The van der Waals surface area contributed by atoms with Crippen LogP contribution in [-0.2, 0) is 7.05 Å². The van der Waals surface area contributed by atoms with Crippen LogP contribution in [0.3, 0.4) is 0 Å². The molecule has 160 valence electrons. The van der Waals surface area contributed by atoms with Gasteiger partial charge in [-0.25, -0.2) is 4.68 Å². The zero-order valence-electron chi connectivity index (χ0n) is 17.8. The number of carbonyl (C=O) groups excluding carboxylic acids is 2. The average Bonchev–Trinajstić information content (AvgIpc) is 3.39. The molecule has 0 aliphatic carbocycles. The fourth-order valence-corrected chi connectivity index (χ4v) is 4.17. The van der Waals surface area contributed by atoms with Gasteiger partial charge in [0.05, 0.1) is 23.5 Å². The molecule has 0 spiro atoms. The summed E-state index contributed by atoms with van der Waals surface area (Å²) in [5.41, 5.74) is 8.42. The van der Waals surface area contributed by atoms with Gasteiger partial charge in [-0.05, 0) is 50.5 Å². The lowest BCUT2D eigenvalue weighted by Gasteiger charge is -2.24. The van der Waals surface area contributed by atoms with E-state index in [2.05, 4.69) is 5.10 Å². The molecule has 8 heteroatoms. The van der Waals surface area contributed by atoms with Gasteiger partial charge in [0, 0.05) is 19.3 Å². The second-order valence-corrected chi connectivity index (χ2v) is 7.92. The molecule has 4 rings (SSSR count). The number of hydrogen-bond acceptors (Lipinski definition) is 5. The Kier molecular flexibility index (Phi) is 5.22. The molecule has 8 nitrogen and oxygen atoms in total. The summed E-state index contributed by atoms with van der Waals surface area (Å²) in [6.45, 7) is 3.98. The third-order valence-electron chi connectivity index (χ3n) is 5.97. The fourth-order valence-electron chi connectivity index (χ4n) is 4.17. The summed E-state index contributed by atoms with van der Waals surface area (Å²) >= 11 is 0. The minimum absolute atomic E-state index is 0.112. The number of nitrogens with two attached hydrogens (primary N) is 1. The molecule has 0 radical (unpaired) electrons. The monoisotopic (exact) mass is 419 g/mol. The van der Waals surface area contributed by atoms with Gasteiger partial charge in [0.15, 0.2) is 5.78 Å². The summed E-state index contributed by atoms with van der Waals surface area (Å²) < 4.78 is 2.96. The standard InChI is InChI=1S/C23H25N5O3/c1-14-12-15(2)26(3)22(30)19(14)23(31)27-11-7-10-18(27)20(29)17-13-25-28(21(17)24)16-8-5-4-6-9-16/h4-6,8-9,12-13,18H,7,10-11,24H2,1-3H3. The lowest BCUT2D eigenvalue weighted by molar-refractivity contribution is 0.0669. The van der Waals surface area contributed by atoms with E-state index in [0.717, 1.165) is 11.4 Å². The van der Waals surface area contributed by atoms with Crippen molar-refractivity contribution in [1.29, 1.82) is 0 Å². The minimum Gasteiger partial charge on any atom is -0.383 e. The number of para-hydroxylation sites is 1. The highest BCUT2D eigenvalue weighted by molar-refractivity contribution is 6.07. The summed E-state index contributed by atoms with van der Waals surface area (Å²) in [5, 5.41) is 4.27. The summed E-state index contributed by atoms with van der Waals surface area (Å²) in [6, 6.07) is 10.4. The van der Waals surface area contributed by atoms with Crippen molar-refractivity contribution in [3.05, 3.63) is 75.3 Å². The number of Topliss-reactive ketones (excluding diaryl/α,β-unsaturated/α-hetero) is 1. The second kappa shape index (κ2) is 7.86. The van der Waals surface area contributed by atoms with Gasteiger partial charge in [0.2, 0.25) is 0 Å². The highest BCUT2D eigenvalue weighted by Crippen LogP contribution is 2.26. The summed E-state index contributed by atoms with van der Waals surface area (Å²) in [7, 11) is 1.64. The van der Waals surface area contributed by atoms with Crippen molar-refractivity contribution < 1.29 is 9.59 Å². The Balaban J connectivity index is 1.67. The molecule has 3 aromatic rings. The number of amides is 1. The van der Waals surface area contributed by atoms with Crippen molar-refractivity contribution in [3.8, 4) is 5.69 Å². The molecule has 0 saturated carbocycles. The van der Waals surface area contributed by atoms with Crippen molar-refractivity contribution in [1.82, 2.24) is 19.2 Å². The topological polar surface area (TPSA) is 103 Å². The molecule has 31 heavy (non-hydrogen) atoms. The Morgan fingerprint density at radius 2 is 1.87 bits per heavy atom. The highest BCUT2D eigenvalue weighted by Gasteiger charge is 2.38. The molecule has 2 N–H and O–H groups in total. The lowest BCUT2D eigenvalue weighted by Crippen LogP contribution is -2.43. The van der Waals surface area contributed by atoms with Crippen LogP contribution in [0.5, 0.6) is 0 Å². The van der Waals surface area contributed by atoms with Crippen LogP contribution in [0, 0.1) is 13.8 Å². The van der Waals surface area contributed by atoms with Gasteiger partial charge in [0.1, 0.15) is 11.4 Å². The quantitative estimate of drug-likeness (QED) is 0.654. The van der Waals surface area contributed by atoms with E-state index in [1.165, 1.54) is 20.3 Å². The number of aromatic nitrogens is 3. The maximum absolute atomic E-state index is 13.3. The molecule has 1 atom stereocenters. The zero-order valence-corrected chi connectivity index (χ0v) is 17.8. The van der Waals surface area contributed by atoms with Crippen LogP contribution >= 0.6 is 0 Å². The molecule has 1 aliphatic rings. The van der Waals surface area contributed by atoms with Crippen molar-refractivity contribution in [2.75, 3.05) is 12.3 Å². The molecule has 1 aliphatic heterocycles. The van der Waals surface area contributed by atoms with E-state index >= 15 is 0 Å². The van der Waals surface area contributed by atoms with Crippen LogP contribution in [0.4, 0.5) is 5.82 Å². The van der Waals surface area contributed by atoms with E-state index in [-0.39, 0.29) is 28.3 Å². The zero-order chi connectivity index (χ0) is 22.3. The molecule has 3 heterocycles. The number of pyridine rings is 1. The second-order valence-electron chi connectivity index (χ2n) is 7.92. The molecule has 1 unspecified atom stereocenters. The van der Waals surface area contributed by atoms with Crippen LogP contribution in [-0.4, -0.2) is 43.5 Å². The number of likely N-dealkylation sites (tertiary alicyclic amines) is 1. The number of anilines is 1. The van der Waals surface area contributed by atoms with Gasteiger partial charge in [-0.3, -0.25) is 14.4 Å². The van der Waals surface area contributed by atoms with Gasteiger partial charge in [0.25, 0.3) is 11.5 Å². The lowest BCUT2D eigenvalue weighted by atomic mass is 10.0. The first kappa shape index (κ1) is 20.6.